The van der Waals surface area contributed by atoms with Gasteiger partial charge in [0.05, 0.1) is 0 Å². The molecule has 0 saturated heterocycles. The highest BCUT2D eigenvalue weighted by Gasteiger charge is 2.13. The lowest BCUT2D eigenvalue weighted by Crippen LogP contribution is -2.35. The van der Waals surface area contributed by atoms with Gasteiger partial charge in [-0.1, -0.05) is 43.1 Å². The molecule has 1 N–H and O–H groups in total. The van der Waals surface area contributed by atoms with Crippen molar-refractivity contribution in [1.29, 1.82) is 0 Å². The molecule has 0 saturated carbocycles. The zero-order chi connectivity index (χ0) is 14.3. The molecule has 0 amide bonds. The van der Waals surface area contributed by atoms with E-state index in [1.165, 1.54) is 18.4 Å². The van der Waals surface area contributed by atoms with Crippen molar-refractivity contribution < 1.29 is 0 Å². The zero-order valence-corrected chi connectivity index (χ0v) is 13.4. The van der Waals surface area contributed by atoms with E-state index in [0.717, 1.165) is 18.1 Å². The van der Waals surface area contributed by atoms with Crippen LogP contribution in [0.3, 0.4) is 0 Å². The molecule has 1 rings (SSSR count). The highest BCUT2D eigenvalue weighted by molar-refractivity contribution is 6.31. The van der Waals surface area contributed by atoms with Gasteiger partial charge in [-0.05, 0) is 38.9 Å². The van der Waals surface area contributed by atoms with Gasteiger partial charge < -0.3 is 5.32 Å². The highest BCUT2D eigenvalue weighted by atomic mass is 35.5. The van der Waals surface area contributed by atoms with Crippen LogP contribution in [0.25, 0.3) is 0 Å². The summed E-state index contributed by atoms with van der Waals surface area (Å²) < 4.78 is 0. The maximum absolute atomic E-state index is 6.25. The van der Waals surface area contributed by atoms with E-state index in [1.54, 1.807) is 0 Å². The molecule has 108 valence electrons. The zero-order valence-electron chi connectivity index (χ0n) is 12.6. The highest BCUT2D eigenvalue weighted by Crippen LogP contribution is 2.25. The largest absolute Gasteiger partial charge is 0.313 e. The van der Waals surface area contributed by atoms with Crippen LogP contribution in [0.15, 0.2) is 24.3 Å². The number of hydrogen-bond donors (Lipinski definition) is 1. The van der Waals surface area contributed by atoms with E-state index in [2.05, 4.69) is 44.1 Å². The van der Waals surface area contributed by atoms with Crippen LogP contribution in [0, 0.1) is 0 Å². The van der Waals surface area contributed by atoms with Crippen molar-refractivity contribution in [3.8, 4) is 0 Å². The summed E-state index contributed by atoms with van der Waals surface area (Å²) in [6, 6.07) is 9.05. The van der Waals surface area contributed by atoms with Crippen LogP contribution in [0.4, 0.5) is 0 Å². The first kappa shape index (κ1) is 16.5. The van der Waals surface area contributed by atoms with Crippen LogP contribution in [-0.4, -0.2) is 31.1 Å². The van der Waals surface area contributed by atoms with Gasteiger partial charge in [-0.3, -0.25) is 4.90 Å². The first-order valence-corrected chi connectivity index (χ1v) is 7.62. The molecule has 0 aliphatic heterocycles. The summed E-state index contributed by atoms with van der Waals surface area (Å²) in [7, 11) is 2.15. The van der Waals surface area contributed by atoms with Gasteiger partial charge in [0.1, 0.15) is 0 Å². The van der Waals surface area contributed by atoms with Gasteiger partial charge in [0.25, 0.3) is 0 Å². The lowest BCUT2D eigenvalue weighted by Gasteiger charge is -2.26. The summed E-state index contributed by atoms with van der Waals surface area (Å²) in [5.74, 6) is 0. The predicted molar refractivity (Wildman–Crippen MR) is 84.9 cm³/mol. The molecule has 2 nitrogen and oxygen atoms in total. The van der Waals surface area contributed by atoms with Crippen molar-refractivity contribution in [3.63, 3.8) is 0 Å². The quantitative estimate of drug-likeness (QED) is 0.772. The van der Waals surface area contributed by atoms with Crippen LogP contribution in [0.5, 0.6) is 0 Å². The monoisotopic (exact) mass is 282 g/mol. The van der Waals surface area contributed by atoms with E-state index < -0.39 is 0 Å². The number of nitrogens with one attached hydrogen (secondary N) is 1. The topological polar surface area (TPSA) is 15.3 Å². The molecule has 0 radical (unpaired) electrons. The molecule has 2 unspecified atom stereocenters. The third-order valence-corrected chi connectivity index (χ3v) is 4.04. The summed E-state index contributed by atoms with van der Waals surface area (Å²) in [6.45, 7) is 8.73. The Labute approximate surface area is 123 Å². The Balaban J connectivity index is 2.41. The van der Waals surface area contributed by atoms with Crippen LogP contribution >= 0.6 is 11.6 Å². The maximum Gasteiger partial charge on any atom is 0.0453 e. The normalized spacial score (nSPS) is 14.6. The van der Waals surface area contributed by atoms with Crippen molar-refractivity contribution in [1.82, 2.24) is 10.2 Å². The van der Waals surface area contributed by atoms with E-state index in [0.29, 0.717) is 12.1 Å². The van der Waals surface area contributed by atoms with E-state index in [4.69, 9.17) is 11.6 Å². The lowest BCUT2D eigenvalue weighted by molar-refractivity contribution is 0.257. The van der Waals surface area contributed by atoms with Crippen molar-refractivity contribution in [3.05, 3.63) is 34.9 Å². The van der Waals surface area contributed by atoms with Gasteiger partial charge in [-0.2, -0.15) is 0 Å². The molecule has 0 heterocycles. The second-order valence-electron chi connectivity index (χ2n) is 5.32. The predicted octanol–water partition coefficient (Wildman–Crippen LogP) is 4.11. The molecular weight excluding hydrogens is 256 g/mol. The fraction of sp³-hybridized carbons (Fsp3) is 0.625. The Hall–Kier alpha value is -0.570. The number of halogens is 1. The average Bonchev–Trinajstić information content (AvgIpc) is 2.38. The maximum atomic E-state index is 6.25. The molecule has 1 aromatic carbocycles. The van der Waals surface area contributed by atoms with E-state index >= 15 is 0 Å². The molecule has 0 spiro atoms. The van der Waals surface area contributed by atoms with Crippen molar-refractivity contribution in [2.45, 2.75) is 45.7 Å². The minimum absolute atomic E-state index is 0.344. The number of nitrogens with zero attached hydrogens (tertiary/aromatic N) is 1. The number of likely N-dealkylation sites (N-methyl/N-ethyl adjacent to an activating group) is 1. The fourth-order valence-corrected chi connectivity index (χ4v) is 2.56. The molecule has 0 aromatic heterocycles. The Kier molecular flexibility index (Phi) is 7.44. The smallest absolute Gasteiger partial charge is 0.0453 e. The Morgan fingerprint density at radius 1 is 1.26 bits per heavy atom. The second-order valence-corrected chi connectivity index (χ2v) is 5.73. The summed E-state index contributed by atoms with van der Waals surface area (Å²) in [6.07, 6.45) is 2.48. The molecule has 19 heavy (non-hydrogen) atoms. The summed E-state index contributed by atoms with van der Waals surface area (Å²) in [5.41, 5.74) is 1.20. The second kappa shape index (κ2) is 8.57. The van der Waals surface area contributed by atoms with Crippen LogP contribution in [0.1, 0.15) is 45.2 Å². The number of hydrogen-bond acceptors (Lipinski definition) is 2. The Morgan fingerprint density at radius 2 is 1.95 bits per heavy atom. The minimum atomic E-state index is 0.344. The van der Waals surface area contributed by atoms with Gasteiger partial charge in [-0.25, -0.2) is 0 Å². The molecule has 0 fully saturated rings. The van der Waals surface area contributed by atoms with Crippen molar-refractivity contribution in [2.24, 2.45) is 0 Å². The van der Waals surface area contributed by atoms with E-state index in [-0.39, 0.29) is 0 Å². The van der Waals surface area contributed by atoms with Crippen LogP contribution in [-0.2, 0) is 0 Å². The van der Waals surface area contributed by atoms with E-state index in [1.807, 2.05) is 18.2 Å². The molecule has 2 atom stereocenters. The number of rotatable bonds is 8. The van der Waals surface area contributed by atoms with Gasteiger partial charge >= 0.3 is 0 Å². The minimum Gasteiger partial charge on any atom is -0.313 e. The Bertz CT molecular complexity index is 368. The third-order valence-electron chi connectivity index (χ3n) is 3.70. The van der Waals surface area contributed by atoms with Crippen molar-refractivity contribution in [2.75, 3.05) is 20.1 Å². The first-order chi connectivity index (χ1) is 9.06. The molecule has 0 aliphatic rings. The summed E-state index contributed by atoms with van der Waals surface area (Å²) in [4.78, 5) is 2.34. The average molecular weight is 283 g/mol. The summed E-state index contributed by atoms with van der Waals surface area (Å²) >= 11 is 6.25. The molecule has 0 aliphatic carbocycles. The van der Waals surface area contributed by atoms with Crippen molar-refractivity contribution >= 4 is 11.6 Å². The SMILES string of the molecule is CCCC(C)NCCN(C)C(C)c1ccccc1Cl. The van der Waals surface area contributed by atoms with Gasteiger partial charge in [0.2, 0.25) is 0 Å². The van der Waals surface area contributed by atoms with Gasteiger partial charge in [-0.15, -0.1) is 0 Å². The Morgan fingerprint density at radius 3 is 2.58 bits per heavy atom. The third kappa shape index (κ3) is 5.52. The van der Waals surface area contributed by atoms with Gasteiger partial charge in [0.15, 0.2) is 0 Å². The molecule has 0 bridgehead atoms. The summed E-state index contributed by atoms with van der Waals surface area (Å²) in [5, 5.41) is 4.42. The van der Waals surface area contributed by atoms with Crippen LogP contribution < -0.4 is 5.32 Å². The lowest BCUT2D eigenvalue weighted by atomic mass is 10.1. The standard InChI is InChI=1S/C16H27ClN2/c1-5-8-13(2)18-11-12-19(4)14(3)15-9-6-7-10-16(15)17/h6-7,9-10,13-14,18H,5,8,11-12H2,1-4H3. The van der Waals surface area contributed by atoms with Crippen LogP contribution in [0.2, 0.25) is 5.02 Å². The first-order valence-electron chi connectivity index (χ1n) is 7.24. The fourth-order valence-electron chi connectivity index (χ4n) is 2.27. The van der Waals surface area contributed by atoms with E-state index in [9.17, 15) is 0 Å². The number of benzene rings is 1. The molecule has 3 heteroatoms. The molecule has 1 aromatic rings. The molecular formula is C16H27ClN2. The van der Waals surface area contributed by atoms with Gasteiger partial charge in [0, 0.05) is 30.2 Å².